The van der Waals surface area contributed by atoms with Crippen molar-refractivity contribution in [2.45, 2.75) is 38.1 Å². The minimum atomic E-state index is -0.991. The van der Waals surface area contributed by atoms with E-state index in [0.717, 1.165) is 5.56 Å². The number of aliphatic hydroxyl groups is 2. The topological polar surface area (TPSA) is 68.2 Å². The van der Waals surface area contributed by atoms with Gasteiger partial charge in [-0.1, -0.05) is 43.3 Å². The number of rotatable bonds is 7. The summed E-state index contributed by atoms with van der Waals surface area (Å²) in [6.45, 7) is 6.31. The van der Waals surface area contributed by atoms with Gasteiger partial charge in [-0.2, -0.15) is 0 Å². The van der Waals surface area contributed by atoms with E-state index in [4.69, 9.17) is 14.2 Å². The molecule has 0 bridgehead atoms. The Kier molecular flexibility index (Phi) is 6.54. The molecule has 1 aromatic rings. The van der Waals surface area contributed by atoms with Crippen molar-refractivity contribution in [1.29, 1.82) is 0 Å². The number of aliphatic hydroxyl groups excluding tert-OH is 2. The third-order valence-electron chi connectivity index (χ3n) is 3.78. The van der Waals surface area contributed by atoms with Gasteiger partial charge >= 0.3 is 0 Å². The van der Waals surface area contributed by atoms with E-state index in [0.29, 0.717) is 13.2 Å². The highest BCUT2D eigenvalue weighted by molar-refractivity contribution is 5.13. The summed E-state index contributed by atoms with van der Waals surface area (Å²) < 4.78 is 16.8. The van der Waals surface area contributed by atoms with Gasteiger partial charge in [0.1, 0.15) is 12.2 Å². The smallest absolute Gasteiger partial charge is 0.163 e. The lowest BCUT2D eigenvalue weighted by Gasteiger charge is -2.41. The zero-order valence-electron chi connectivity index (χ0n) is 12.8. The highest BCUT2D eigenvalue weighted by Crippen LogP contribution is 2.27. The molecule has 0 saturated carbocycles. The van der Waals surface area contributed by atoms with E-state index in [-0.39, 0.29) is 12.5 Å². The molecule has 2 N–H and O–H groups in total. The minimum absolute atomic E-state index is 0.188. The van der Waals surface area contributed by atoms with Gasteiger partial charge in [0.05, 0.1) is 25.9 Å². The summed E-state index contributed by atoms with van der Waals surface area (Å²) in [6, 6.07) is 9.75. The summed E-state index contributed by atoms with van der Waals surface area (Å²) in [5, 5.41) is 20.2. The van der Waals surface area contributed by atoms with Gasteiger partial charge in [-0.3, -0.25) is 0 Å². The molecule has 1 saturated heterocycles. The molecular formula is C17H24O5. The van der Waals surface area contributed by atoms with Gasteiger partial charge in [-0.05, 0) is 5.56 Å². The Bertz CT molecular complexity index is 450. The fourth-order valence-electron chi connectivity index (χ4n) is 2.43. The average molecular weight is 308 g/mol. The normalized spacial score (nSPS) is 31.9. The summed E-state index contributed by atoms with van der Waals surface area (Å²) >= 11 is 0. The van der Waals surface area contributed by atoms with Crippen molar-refractivity contribution in [1.82, 2.24) is 0 Å². The second kappa shape index (κ2) is 8.41. The summed E-state index contributed by atoms with van der Waals surface area (Å²) in [7, 11) is 0. The summed E-state index contributed by atoms with van der Waals surface area (Å²) in [4.78, 5) is 0. The van der Waals surface area contributed by atoms with Gasteiger partial charge in [-0.15, -0.1) is 6.58 Å². The zero-order valence-corrected chi connectivity index (χ0v) is 12.8. The molecule has 0 radical (unpaired) electrons. The maximum atomic E-state index is 10.1. The van der Waals surface area contributed by atoms with Crippen LogP contribution in [0.2, 0.25) is 0 Å². The molecule has 1 fully saturated rings. The van der Waals surface area contributed by atoms with Gasteiger partial charge in [0, 0.05) is 5.92 Å². The molecule has 2 unspecified atom stereocenters. The van der Waals surface area contributed by atoms with Crippen LogP contribution in [0.3, 0.4) is 0 Å². The first-order valence-corrected chi connectivity index (χ1v) is 7.49. The van der Waals surface area contributed by atoms with Crippen LogP contribution in [-0.2, 0) is 20.8 Å². The van der Waals surface area contributed by atoms with Gasteiger partial charge < -0.3 is 24.4 Å². The minimum Gasteiger partial charge on any atom is -0.390 e. The molecule has 5 atom stereocenters. The van der Waals surface area contributed by atoms with Crippen LogP contribution in [-0.4, -0.2) is 48.0 Å². The molecule has 1 heterocycles. The van der Waals surface area contributed by atoms with E-state index in [9.17, 15) is 10.2 Å². The van der Waals surface area contributed by atoms with Crippen molar-refractivity contribution < 1.29 is 24.4 Å². The van der Waals surface area contributed by atoms with Crippen molar-refractivity contribution in [3.8, 4) is 0 Å². The SMILES string of the molecule is C=CCO[C@H]1OC(COCc2ccccc2)[C@H](O)[C@H](O)C1C. The first kappa shape index (κ1) is 17.1. The maximum absolute atomic E-state index is 10.1. The second-order valence-electron chi connectivity index (χ2n) is 5.51. The highest BCUT2D eigenvalue weighted by atomic mass is 16.7. The van der Waals surface area contributed by atoms with Crippen LogP contribution < -0.4 is 0 Å². The number of hydrogen-bond donors (Lipinski definition) is 2. The first-order valence-electron chi connectivity index (χ1n) is 7.49. The third kappa shape index (κ3) is 4.38. The Morgan fingerprint density at radius 2 is 1.95 bits per heavy atom. The van der Waals surface area contributed by atoms with Crippen molar-refractivity contribution in [3.05, 3.63) is 48.6 Å². The van der Waals surface area contributed by atoms with Gasteiger partial charge in [-0.25, -0.2) is 0 Å². The van der Waals surface area contributed by atoms with Crippen LogP contribution in [0.25, 0.3) is 0 Å². The molecular weight excluding hydrogens is 284 g/mol. The number of benzene rings is 1. The molecule has 1 aliphatic heterocycles. The molecule has 5 nitrogen and oxygen atoms in total. The molecule has 122 valence electrons. The third-order valence-corrected chi connectivity index (χ3v) is 3.78. The van der Waals surface area contributed by atoms with Crippen LogP contribution >= 0.6 is 0 Å². The lowest BCUT2D eigenvalue weighted by molar-refractivity contribution is -0.282. The lowest BCUT2D eigenvalue weighted by Crippen LogP contribution is -2.55. The van der Waals surface area contributed by atoms with Crippen LogP contribution in [0.4, 0.5) is 0 Å². The Morgan fingerprint density at radius 3 is 2.64 bits per heavy atom. The summed E-state index contributed by atoms with van der Waals surface area (Å²) in [5.74, 6) is -0.319. The van der Waals surface area contributed by atoms with Crippen molar-refractivity contribution >= 4 is 0 Å². The predicted octanol–water partition coefficient (Wildman–Crippen LogP) is 1.49. The Labute approximate surface area is 131 Å². The summed E-state index contributed by atoms with van der Waals surface area (Å²) in [6.07, 6.45) is -1.48. The Balaban J connectivity index is 1.86. The maximum Gasteiger partial charge on any atom is 0.163 e. The Hall–Kier alpha value is -1.24. The first-order chi connectivity index (χ1) is 10.6. The molecule has 0 aliphatic carbocycles. The van der Waals surface area contributed by atoms with Gasteiger partial charge in [0.15, 0.2) is 6.29 Å². The van der Waals surface area contributed by atoms with E-state index in [1.165, 1.54) is 0 Å². The van der Waals surface area contributed by atoms with Crippen molar-refractivity contribution in [2.24, 2.45) is 5.92 Å². The summed E-state index contributed by atoms with van der Waals surface area (Å²) in [5.41, 5.74) is 1.04. The Morgan fingerprint density at radius 1 is 1.23 bits per heavy atom. The molecule has 22 heavy (non-hydrogen) atoms. The molecule has 0 spiro atoms. The fraction of sp³-hybridized carbons (Fsp3) is 0.529. The quantitative estimate of drug-likeness (QED) is 0.747. The predicted molar refractivity (Wildman–Crippen MR) is 82.1 cm³/mol. The van der Waals surface area contributed by atoms with E-state index >= 15 is 0 Å². The zero-order chi connectivity index (χ0) is 15.9. The van der Waals surface area contributed by atoms with Crippen molar-refractivity contribution in [3.63, 3.8) is 0 Å². The molecule has 5 heteroatoms. The van der Waals surface area contributed by atoms with E-state index in [1.54, 1.807) is 13.0 Å². The molecule has 2 rings (SSSR count). The fourth-order valence-corrected chi connectivity index (χ4v) is 2.43. The van der Waals surface area contributed by atoms with Gasteiger partial charge in [0.2, 0.25) is 0 Å². The molecule has 1 aromatic carbocycles. The van der Waals surface area contributed by atoms with E-state index < -0.39 is 24.6 Å². The molecule has 1 aliphatic rings. The standard InChI is InChI=1S/C17H24O5/c1-3-9-21-17-12(2)15(18)16(19)14(22-17)11-20-10-13-7-5-4-6-8-13/h3-8,12,14-19H,1,9-11H2,2H3/t12?,14?,15-,16+,17+/m1/s1. The molecule has 0 aromatic heterocycles. The van der Waals surface area contributed by atoms with Crippen molar-refractivity contribution in [2.75, 3.05) is 13.2 Å². The van der Waals surface area contributed by atoms with Crippen LogP contribution in [0.1, 0.15) is 12.5 Å². The van der Waals surface area contributed by atoms with Crippen LogP contribution in [0.5, 0.6) is 0 Å². The van der Waals surface area contributed by atoms with Gasteiger partial charge in [0.25, 0.3) is 0 Å². The van der Waals surface area contributed by atoms with E-state index in [1.807, 2.05) is 30.3 Å². The second-order valence-corrected chi connectivity index (χ2v) is 5.51. The van der Waals surface area contributed by atoms with E-state index in [2.05, 4.69) is 6.58 Å². The molecule has 0 amide bonds. The largest absolute Gasteiger partial charge is 0.390 e. The highest BCUT2D eigenvalue weighted by Gasteiger charge is 2.42. The van der Waals surface area contributed by atoms with Crippen LogP contribution in [0.15, 0.2) is 43.0 Å². The number of ether oxygens (including phenoxy) is 3. The lowest BCUT2D eigenvalue weighted by atomic mass is 9.92. The monoisotopic (exact) mass is 308 g/mol. The average Bonchev–Trinajstić information content (AvgIpc) is 2.55. The number of hydrogen-bond acceptors (Lipinski definition) is 5. The van der Waals surface area contributed by atoms with Crippen LogP contribution in [0, 0.1) is 5.92 Å².